The van der Waals surface area contributed by atoms with Crippen LogP contribution in [0, 0.1) is 0 Å². The van der Waals surface area contributed by atoms with Gasteiger partial charge in [-0.05, 0) is 37.0 Å². The average Bonchev–Trinajstić information content (AvgIpc) is 2.69. The van der Waals surface area contributed by atoms with Crippen LogP contribution in [0.5, 0.6) is 0 Å². The fourth-order valence-corrected chi connectivity index (χ4v) is 4.66. The predicted molar refractivity (Wildman–Crippen MR) is 106 cm³/mol. The van der Waals surface area contributed by atoms with Gasteiger partial charge in [-0.25, -0.2) is 8.42 Å². The summed E-state index contributed by atoms with van der Waals surface area (Å²) in [7, 11) is -3.78. The topological polar surface area (TPSA) is 75.3 Å². The van der Waals surface area contributed by atoms with E-state index in [0.29, 0.717) is 6.42 Å². The Morgan fingerprint density at radius 2 is 1.52 bits per heavy atom. The predicted octanol–water partition coefficient (Wildman–Crippen LogP) is 3.03. The molecule has 0 unspecified atom stereocenters. The third kappa shape index (κ3) is 5.65. The van der Waals surface area contributed by atoms with Crippen molar-refractivity contribution in [2.75, 3.05) is 0 Å². The summed E-state index contributed by atoms with van der Waals surface area (Å²) in [6, 6.07) is 16.9. The van der Waals surface area contributed by atoms with E-state index < -0.39 is 16.1 Å². The molecule has 1 saturated carbocycles. The number of hydrogen-bond acceptors (Lipinski definition) is 3. The van der Waals surface area contributed by atoms with Crippen LogP contribution in [0.25, 0.3) is 0 Å². The van der Waals surface area contributed by atoms with Crippen LogP contribution in [0.1, 0.15) is 37.7 Å². The van der Waals surface area contributed by atoms with Crippen molar-refractivity contribution >= 4 is 15.9 Å². The Kier molecular flexibility index (Phi) is 6.63. The monoisotopic (exact) mass is 386 g/mol. The molecule has 1 amide bonds. The van der Waals surface area contributed by atoms with Gasteiger partial charge < -0.3 is 5.32 Å². The fourth-order valence-electron chi connectivity index (χ4n) is 3.44. The minimum atomic E-state index is -3.78. The lowest BCUT2D eigenvalue weighted by atomic mass is 9.95. The zero-order valence-corrected chi connectivity index (χ0v) is 16.1. The van der Waals surface area contributed by atoms with Crippen molar-refractivity contribution in [3.05, 3.63) is 66.2 Å². The van der Waals surface area contributed by atoms with Crippen molar-refractivity contribution in [3.8, 4) is 0 Å². The molecule has 0 bridgehead atoms. The second-order valence-corrected chi connectivity index (χ2v) is 8.73. The quantitative estimate of drug-likeness (QED) is 0.768. The highest BCUT2D eigenvalue weighted by atomic mass is 32.2. The van der Waals surface area contributed by atoms with Gasteiger partial charge in [-0.3, -0.25) is 4.79 Å². The Bertz CT molecular complexity index is 832. The summed E-state index contributed by atoms with van der Waals surface area (Å²) in [6.45, 7) is 0. The molecule has 5 nitrogen and oxygen atoms in total. The molecule has 3 rings (SSSR count). The molecule has 2 aromatic carbocycles. The summed E-state index contributed by atoms with van der Waals surface area (Å²) >= 11 is 0. The summed E-state index contributed by atoms with van der Waals surface area (Å²) < 4.78 is 28.1. The molecular formula is C21H26N2O3S. The molecule has 0 spiro atoms. The van der Waals surface area contributed by atoms with Gasteiger partial charge in [0.05, 0.1) is 4.90 Å². The van der Waals surface area contributed by atoms with Crippen LogP contribution in [0.4, 0.5) is 0 Å². The van der Waals surface area contributed by atoms with Gasteiger partial charge in [0, 0.05) is 6.04 Å². The van der Waals surface area contributed by atoms with Crippen LogP contribution in [0.15, 0.2) is 65.6 Å². The third-order valence-electron chi connectivity index (χ3n) is 4.90. The number of carbonyl (C=O) groups excluding carboxylic acids is 1. The number of hydrogen-bond donors (Lipinski definition) is 2. The molecule has 27 heavy (non-hydrogen) atoms. The highest BCUT2D eigenvalue weighted by molar-refractivity contribution is 7.89. The zero-order chi connectivity index (χ0) is 19.1. The molecule has 1 aliphatic carbocycles. The molecule has 2 aromatic rings. The second-order valence-electron chi connectivity index (χ2n) is 7.02. The number of benzene rings is 2. The minimum absolute atomic E-state index is 0.130. The molecule has 1 aliphatic rings. The number of sulfonamides is 1. The van der Waals surface area contributed by atoms with Crippen LogP contribution in [0.3, 0.4) is 0 Å². The lowest BCUT2D eigenvalue weighted by Gasteiger charge is -2.26. The minimum Gasteiger partial charge on any atom is -0.352 e. The van der Waals surface area contributed by atoms with E-state index in [4.69, 9.17) is 0 Å². The van der Waals surface area contributed by atoms with E-state index in [1.54, 1.807) is 18.2 Å². The number of nitrogens with one attached hydrogen (secondary N) is 2. The van der Waals surface area contributed by atoms with Crippen LogP contribution >= 0.6 is 0 Å². The van der Waals surface area contributed by atoms with E-state index in [0.717, 1.165) is 31.2 Å². The Morgan fingerprint density at radius 3 is 2.15 bits per heavy atom. The molecule has 0 radical (unpaired) electrons. The van der Waals surface area contributed by atoms with E-state index >= 15 is 0 Å². The fraction of sp³-hybridized carbons (Fsp3) is 0.381. The van der Waals surface area contributed by atoms with Crippen molar-refractivity contribution in [3.63, 3.8) is 0 Å². The maximum Gasteiger partial charge on any atom is 0.241 e. The maximum atomic E-state index is 12.9. The van der Waals surface area contributed by atoms with Crippen LogP contribution in [0.2, 0.25) is 0 Å². The van der Waals surface area contributed by atoms with E-state index in [1.165, 1.54) is 18.6 Å². The normalized spacial score (nSPS) is 16.6. The van der Waals surface area contributed by atoms with Gasteiger partial charge in [-0.1, -0.05) is 67.8 Å². The van der Waals surface area contributed by atoms with Gasteiger partial charge >= 0.3 is 0 Å². The molecule has 144 valence electrons. The first-order chi connectivity index (χ1) is 13.0. The van der Waals surface area contributed by atoms with E-state index in [9.17, 15) is 13.2 Å². The molecule has 0 aliphatic heterocycles. The van der Waals surface area contributed by atoms with Crippen molar-refractivity contribution in [1.82, 2.24) is 10.0 Å². The summed E-state index contributed by atoms with van der Waals surface area (Å²) in [6.07, 6.45) is 5.62. The van der Waals surface area contributed by atoms with Crippen LogP contribution in [-0.4, -0.2) is 26.4 Å². The Hall–Kier alpha value is -2.18. The first-order valence-corrected chi connectivity index (χ1v) is 10.9. The molecular weight excluding hydrogens is 360 g/mol. The largest absolute Gasteiger partial charge is 0.352 e. The van der Waals surface area contributed by atoms with E-state index in [1.807, 2.05) is 30.3 Å². The smallest absolute Gasteiger partial charge is 0.241 e. The molecule has 6 heteroatoms. The van der Waals surface area contributed by atoms with Gasteiger partial charge in [0.1, 0.15) is 6.04 Å². The number of rotatable bonds is 7. The average molecular weight is 387 g/mol. The molecule has 0 saturated heterocycles. The van der Waals surface area contributed by atoms with Gasteiger partial charge in [0.15, 0.2) is 0 Å². The standard InChI is InChI=1S/C21H26N2O3S/c24-21(22-18-12-6-2-7-13-18)20(16-17-10-4-1-5-11-17)23-27(25,26)19-14-8-3-9-15-19/h1,3-5,8-11,14-15,18,20,23H,2,6-7,12-13,16H2,(H,22,24)/t20-/m0/s1. The molecule has 1 atom stereocenters. The van der Waals surface area contributed by atoms with E-state index in [2.05, 4.69) is 10.0 Å². The first-order valence-electron chi connectivity index (χ1n) is 9.46. The number of amides is 1. The number of carbonyl (C=O) groups is 1. The first kappa shape index (κ1) is 19.6. The van der Waals surface area contributed by atoms with Crippen molar-refractivity contribution < 1.29 is 13.2 Å². The van der Waals surface area contributed by atoms with Crippen molar-refractivity contribution in [2.24, 2.45) is 0 Å². The summed E-state index contributed by atoms with van der Waals surface area (Å²) in [5, 5.41) is 3.05. The Balaban J connectivity index is 1.77. The zero-order valence-electron chi connectivity index (χ0n) is 15.3. The summed E-state index contributed by atoms with van der Waals surface area (Å²) in [5.41, 5.74) is 0.914. The van der Waals surface area contributed by atoms with Gasteiger partial charge in [-0.2, -0.15) is 4.72 Å². The molecule has 0 aromatic heterocycles. The highest BCUT2D eigenvalue weighted by Crippen LogP contribution is 2.18. The Morgan fingerprint density at radius 1 is 0.926 bits per heavy atom. The lowest BCUT2D eigenvalue weighted by Crippen LogP contribution is -2.50. The van der Waals surface area contributed by atoms with Gasteiger partial charge in [0.2, 0.25) is 15.9 Å². The lowest BCUT2D eigenvalue weighted by molar-refractivity contribution is -0.123. The van der Waals surface area contributed by atoms with Crippen LogP contribution in [-0.2, 0) is 21.2 Å². The second kappa shape index (κ2) is 9.15. The summed E-state index contributed by atoms with van der Waals surface area (Å²) in [5.74, 6) is -0.259. The summed E-state index contributed by atoms with van der Waals surface area (Å²) in [4.78, 5) is 13.0. The SMILES string of the molecule is O=C(NC1CCCCC1)[C@H](Cc1ccccc1)NS(=O)(=O)c1ccccc1. The molecule has 2 N–H and O–H groups in total. The van der Waals surface area contributed by atoms with Crippen molar-refractivity contribution in [1.29, 1.82) is 0 Å². The van der Waals surface area contributed by atoms with E-state index in [-0.39, 0.29) is 16.8 Å². The highest BCUT2D eigenvalue weighted by Gasteiger charge is 2.28. The Labute approximate surface area is 161 Å². The molecule has 1 fully saturated rings. The third-order valence-corrected chi connectivity index (χ3v) is 6.39. The molecule has 0 heterocycles. The maximum absolute atomic E-state index is 12.9. The van der Waals surface area contributed by atoms with Gasteiger partial charge in [-0.15, -0.1) is 0 Å². The van der Waals surface area contributed by atoms with Crippen molar-refractivity contribution in [2.45, 2.75) is 55.5 Å². The van der Waals surface area contributed by atoms with Crippen LogP contribution < -0.4 is 10.0 Å². The van der Waals surface area contributed by atoms with Gasteiger partial charge in [0.25, 0.3) is 0 Å².